The maximum atomic E-state index is 13.6. The van der Waals surface area contributed by atoms with E-state index in [4.69, 9.17) is 27.9 Å². The molecule has 0 aliphatic carbocycles. The first-order valence-electron chi connectivity index (χ1n) is 10.4. The Balaban J connectivity index is 2.36. The van der Waals surface area contributed by atoms with Gasteiger partial charge in [0.15, 0.2) is 0 Å². The molecule has 3 unspecified atom stereocenters. The zero-order chi connectivity index (χ0) is 24.9. The Hall–Kier alpha value is -2.25. The van der Waals surface area contributed by atoms with E-state index in [2.05, 4.69) is 5.32 Å². The quantitative estimate of drug-likeness (QED) is 0.396. The van der Waals surface area contributed by atoms with Crippen LogP contribution < -0.4 is 5.32 Å². The highest BCUT2D eigenvalue weighted by molar-refractivity contribution is 6.33. The number of anilines is 1. The molecule has 0 bridgehead atoms. The number of halogens is 5. The van der Waals surface area contributed by atoms with Crippen LogP contribution in [-0.2, 0) is 20.7 Å². The Labute approximate surface area is 201 Å². The molecule has 2 aromatic carbocycles. The number of ether oxygens (including phenoxy) is 1. The number of hydrogen-bond donors (Lipinski definition) is 1. The molecule has 1 amide bonds. The number of alkyl halides is 3. The van der Waals surface area contributed by atoms with Gasteiger partial charge in [-0.2, -0.15) is 13.2 Å². The standard InChI is InChI=1S/C24H26Cl2F3NO3/c1-5-33-23(32)14(3)10-16-6-9-19(26)20(12-16)30-22(31)21(15(4)24(27,28)29)18-8-7-17(25)11-13(18)2/h6-9,11-12,14-15,21H,5,10H2,1-4H3,(H,30,31). The van der Waals surface area contributed by atoms with E-state index in [1.165, 1.54) is 24.3 Å². The molecule has 0 fully saturated rings. The van der Waals surface area contributed by atoms with Crippen LogP contribution in [0, 0.1) is 18.8 Å². The molecule has 0 aliphatic rings. The molecule has 4 nitrogen and oxygen atoms in total. The molecule has 0 radical (unpaired) electrons. The SMILES string of the molecule is CCOC(=O)C(C)Cc1ccc(Cl)c(NC(=O)C(c2ccc(Cl)cc2C)C(C)C(F)(F)F)c1. The lowest BCUT2D eigenvalue weighted by Gasteiger charge is -2.27. The lowest BCUT2D eigenvalue weighted by atomic mass is 9.83. The van der Waals surface area contributed by atoms with Gasteiger partial charge in [0.1, 0.15) is 0 Å². The molecule has 0 aromatic heterocycles. The topological polar surface area (TPSA) is 55.4 Å². The zero-order valence-electron chi connectivity index (χ0n) is 18.7. The zero-order valence-corrected chi connectivity index (χ0v) is 20.2. The highest BCUT2D eigenvalue weighted by atomic mass is 35.5. The van der Waals surface area contributed by atoms with Gasteiger partial charge < -0.3 is 10.1 Å². The van der Waals surface area contributed by atoms with Gasteiger partial charge in [-0.3, -0.25) is 9.59 Å². The highest BCUT2D eigenvalue weighted by Gasteiger charge is 2.45. The molecule has 2 rings (SSSR count). The third kappa shape index (κ3) is 7.11. The molecular formula is C24H26Cl2F3NO3. The first-order chi connectivity index (χ1) is 15.3. The summed E-state index contributed by atoms with van der Waals surface area (Å²) in [5.74, 6) is -5.12. The fourth-order valence-electron chi connectivity index (χ4n) is 3.54. The Morgan fingerprint density at radius 3 is 2.33 bits per heavy atom. The number of nitrogens with one attached hydrogen (secondary N) is 1. The number of rotatable bonds is 8. The van der Waals surface area contributed by atoms with Crippen LogP contribution in [0.5, 0.6) is 0 Å². The molecule has 0 spiro atoms. The van der Waals surface area contributed by atoms with Gasteiger partial charge in [-0.15, -0.1) is 0 Å². The number of aryl methyl sites for hydroxylation is 1. The van der Waals surface area contributed by atoms with Gasteiger partial charge in [0.05, 0.1) is 35.1 Å². The maximum Gasteiger partial charge on any atom is 0.392 e. The summed E-state index contributed by atoms with van der Waals surface area (Å²) in [6, 6.07) is 9.18. The molecule has 0 heterocycles. The maximum absolute atomic E-state index is 13.6. The number of carbonyl (C=O) groups is 2. The summed E-state index contributed by atoms with van der Waals surface area (Å²) < 4.78 is 45.9. The minimum Gasteiger partial charge on any atom is -0.466 e. The Morgan fingerprint density at radius 1 is 1.09 bits per heavy atom. The number of carbonyl (C=O) groups excluding carboxylic acids is 2. The van der Waals surface area contributed by atoms with E-state index in [1.54, 1.807) is 32.9 Å². The molecule has 1 N–H and O–H groups in total. The summed E-state index contributed by atoms with van der Waals surface area (Å²) in [7, 11) is 0. The fraction of sp³-hybridized carbons (Fsp3) is 0.417. The Bertz CT molecular complexity index is 1010. The predicted octanol–water partition coefficient (Wildman–Crippen LogP) is 6.96. The first-order valence-corrected chi connectivity index (χ1v) is 11.2. The van der Waals surface area contributed by atoms with Crippen molar-refractivity contribution in [1.82, 2.24) is 0 Å². The van der Waals surface area contributed by atoms with E-state index in [9.17, 15) is 22.8 Å². The van der Waals surface area contributed by atoms with Crippen LogP contribution in [0.25, 0.3) is 0 Å². The lowest BCUT2D eigenvalue weighted by molar-refractivity contribution is -0.178. The third-order valence-electron chi connectivity index (χ3n) is 5.39. The van der Waals surface area contributed by atoms with Gasteiger partial charge in [0.25, 0.3) is 0 Å². The van der Waals surface area contributed by atoms with Crippen LogP contribution in [0.1, 0.15) is 43.4 Å². The smallest absolute Gasteiger partial charge is 0.392 e. The number of hydrogen-bond acceptors (Lipinski definition) is 3. The molecular weight excluding hydrogens is 478 g/mol. The van der Waals surface area contributed by atoms with Crippen molar-refractivity contribution in [2.45, 2.75) is 46.2 Å². The van der Waals surface area contributed by atoms with E-state index in [-0.39, 0.29) is 28.8 Å². The van der Waals surface area contributed by atoms with Crippen molar-refractivity contribution in [2.75, 3.05) is 11.9 Å². The molecule has 0 aliphatic heterocycles. The van der Waals surface area contributed by atoms with Gasteiger partial charge in [-0.1, -0.05) is 49.2 Å². The third-order valence-corrected chi connectivity index (χ3v) is 5.95. The van der Waals surface area contributed by atoms with Crippen molar-refractivity contribution in [3.05, 3.63) is 63.1 Å². The summed E-state index contributed by atoms with van der Waals surface area (Å²) in [5, 5.41) is 3.08. The Morgan fingerprint density at radius 2 is 1.76 bits per heavy atom. The highest BCUT2D eigenvalue weighted by Crippen LogP contribution is 2.40. The van der Waals surface area contributed by atoms with E-state index in [0.717, 1.165) is 6.92 Å². The minimum absolute atomic E-state index is 0.168. The molecule has 180 valence electrons. The summed E-state index contributed by atoms with van der Waals surface area (Å²) in [5.41, 5.74) is 1.55. The van der Waals surface area contributed by atoms with Crippen molar-refractivity contribution in [3.63, 3.8) is 0 Å². The number of benzene rings is 2. The van der Waals surface area contributed by atoms with Crippen molar-refractivity contribution < 1.29 is 27.5 Å². The molecule has 9 heteroatoms. The lowest BCUT2D eigenvalue weighted by Crippen LogP contribution is -2.35. The monoisotopic (exact) mass is 503 g/mol. The summed E-state index contributed by atoms with van der Waals surface area (Å²) in [6.45, 7) is 6.25. The van der Waals surface area contributed by atoms with Crippen LogP contribution in [0.4, 0.5) is 18.9 Å². The van der Waals surface area contributed by atoms with E-state index >= 15 is 0 Å². The average Bonchev–Trinajstić information content (AvgIpc) is 2.71. The molecule has 0 saturated heterocycles. The normalized spacial score (nSPS) is 14.3. The van der Waals surface area contributed by atoms with E-state index in [1.807, 2.05) is 0 Å². The van der Waals surface area contributed by atoms with Crippen molar-refractivity contribution >= 4 is 40.8 Å². The van der Waals surface area contributed by atoms with Crippen LogP contribution >= 0.6 is 23.2 Å². The van der Waals surface area contributed by atoms with Gasteiger partial charge in [-0.05, 0) is 61.2 Å². The molecule has 33 heavy (non-hydrogen) atoms. The van der Waals surface area contributed by atoms with E-state index in [0.29, 0.717) is 22.6 Å². The van der Waals surface area contributed by atoms with Gasteiger partial charge >= 0.3 is 12.1 Å². The second-order valence-corrected chi connectivity index (χ2v) is 8.81. The van der Waals surface area contributed by atoms with Crippen LogP contribution in [0.3, 0.4) is 0 Å². The first kappa shape index (κ1) is 27.0. The second kappa shape index (κ2) is 11.3. The summed E-state index contributed by atoms with van der Waals surface area (Å²) in [6.07, 6.45) is -4.29. The summed E-state index contributed by atoms with van der Waals surface area (Å²) >= 11 is 12.2. The van der Waals surface area contributed by atoms with Crippen molar-refractivity contribution in [3.8, 4) is 0 Å². The largest absolute Gasteiger partial charge is 0.466 e. The average molecular weight is 504 g/mol. The van der Waals surface area contributed by atoms with Crippen molar-refractivity contribution in [1.29, 1.82) is 0 Å². The fourth-order valence-corrected chi connectivity index (χ4v) is 3.93. The van der Waals surface area contributed by atoms with Gasteiger partial charge in [0.2, 0.25) is 5.91 Å². The number of esters is 1. The Kier molecular flexibility index (Phi) is 9.20. The number of amides is 1. The second-order valence-electron chi connectivity index (χ2n) is 7.97. The minimum atomic E-state index is -4.60. The van der Waals surface area contributed by atoms with E-state index < -0.39 is 29.8 Å². The summed E-state index contributed by atoms with van der Waals surface area (Å²) in [4.78, 5) is 25.1. The molecule has 2 aromatic rings. The predicted molar refractivity (Wildman–Crippen MR) is 124 cm³/mol. The van der Waals surface area contributed by atoms with Crippen LogP contribution in [-0.4, -0.2) is 24.7 Å². The molecule has 0 saturated carbocycles. The van der Waals surface area contributed by atoms with Gasteiger partial charge in [0, 0.05) is 5.02 Å². The van der Waals surface area contributed by atoms with Crippen LogP contribution in [0.2, 0.25) is 10.0 Å². The van der Waals surface area contributed by atoms with Crippen LogP contribution in [0.15, 0.2) is 36.4 Å². The van der Waals surface area contributed by atoms with Crippen molar-refractivity contribution in [2.24, 2.45) is 11.8 Å². The van der Waals surface area contributed by atoms with Gasteiger partial charge in [-0.25, -0.2) is 0 Å². The molecule has 3 atom stereocenters.